The second-order valence-corrected chi connectivity index (χ2v) is 7.41. The Bertz CT molecular complexity index is 1130. The molecule has 9 nitrogen and oxygen atoms in total. The van der Waals surface area contributed by atoms with Crippen molar-refractivity contribution in [2.75, 3.05) is 20.2 Å². The Morgan fingerprint density at radius 2 is 1.72 bits per heavy atom. The molecular formula is C23H21N3O6. The molecule has 2 aromatic carbocycles. The Balaban J connectivity index is 1.37. The first-order chi connectivity index (χ1) is 15.5. The SMILES string of the molecule is CN(CC(=O)O)C(=O)c1conc1CNC(=O)OCC1c2ccccc2-c2ccccc21. The van der Waals surface area contributed by atoms with Crippen molar-refractivity contribution in [3.05, 3.63) is 77.2 Å². The largest absolute Gasteiger partial charge is 0.480 e. The van der Waals surface area contributed by atoms with Gasteiger partial charge in [0.25, 0.3) is 5.91 Å². The van der Waals surface area contributed by atoms with Crippen LogP contribution in [-0.2, 0) is 16.1 Å². The molecule has 4 rings (SSSR count). The minimum absolute atomic E-state index is 0.0676. The number of rotatable bonds is 7. The second kappa shape index (κ2) is 8.93. The zero-order valence-corrected chi connectivity index (χ0v) is 17.3. The summed E-state index contributed by atoms with van der Waals surface area (Å²) in [5.74, 6) is -1.78. The molecule has 1 aromatic heterocycles. The molecule has 1 aliphatic carbocycles. The lowest BCUT2D eigenvalue weighted by molar-refractivity contribution is -0.137. The molecular weight excluding hydrogens is 414 g/mol. The lowest BCUT2D eigenvalue weighted by Crippen LogP contribution is -2.33. The summed E-state index contributed by atoms with van der Waals surface area (Å²) < 4.78 is 10.3. The van der Waals surface area contributed by atoms with E-state index in [9.17, 15) is 14.4 Å². The molecule has 0 bridgehead atoms. The summed E-state index contributed by atoms with van der Waals surface area (Å²) in [6.07, 6.45) is 0.460. The Labute approximate surface area is 183 Å². The minimum atomic E-state index is -1.14. The molecule has 3 aromatic rings. The quantitative estimate of drug-likeness (QED) is 0.585. The van der Waals surface area contributed by atoms with Crippen LogP contribution in [0, 0.1) is 0 Å². The number of hydrogen-bond donors (Lipinski definition) is 2. The number of carbonyl (C=O) groups is 3. The van der Waals surface area contributed by atoms with Crippen LogP contribution in [0.15, 0.2) is 59.3 Å². The van der Waals surface area contributed by atoms with E-state index in [4.69, 9.17) is 14.4 Å². The summed E-state index contributed by atoms with van der Waals surface area (Å²) >= 11 is 0. The van der Waals surface area contributed by atoms with Gasteiger partial charge in [-0.3, -0.25) is 9.59 Å². The molecule has 2 amide bonds. The molecule has 164 valence electrons. The number of carboxylic acid groups (broad SMARTS) is 1. The van der Waals surface area contributed by atoms with Gasteiger partial charge in [0.15, 0.2) is 0 Å². The summed E-state index contributed by atoms with van der Waals surface area (Å²) in [5, 5.41) is 15.1. The predicted molar refractivity (Wildman–Crippen MR) is 113 cm³/mol. The van der Waals surface area contributed by atoms with Crippen LogP contribution >= 0.6 is 0 Å². The molecule has 0 radical (unpaired) electrons. The van der Waals surface area contributed by atoms with Crippen molar-refractivity contribution in [1.82, 2.24) is 15.4 Å². The van der Waals surface area contributed by atoms with Crippen LogP contribution in [0.5, 0.6) is 0 Å². The number of nitrogens with zero attached hydrogens (tertiary/aromatic N) is 2. The first-order valence-corrected chi connectivity index (χ1v) is 9.95. The number of likely N-dealkylation sites (N-methyl/N-ethyl adjacent to an activating group) is 1. The van der Waals surface area contributed by atoms with Crippen molar-refractivity contribution in [1.29, 1.82) is 0 Å². The highest BCUT2D eigenvalue weighted by atomic mass is 16.5. The van der Waals surface area contributed by atoms with Gasteiger partial charge in [0.2, 0.25) is 0 Å². The van der Waals surface area contributed by atoms with Crippen LogP contribution in [0.25, 0.3) is 11.1 Å². The number of alkyl carbamates (subject to hydrolysis) is 1. The summed E-state index contributed by atoms with van der Waals surface area (Å²) in [6.45, 7) is -0.412. The number of hydrogen-bond acceptors (Lipinski definition) is 6. The number of amides is 2. The molecule has 32 heavy (non-hydrogen) atoms. The van der Waals surface area contributed by atoms with Gasteiger partial charge in [-0.05, 0) is 22.3 Å². The number of aromatic nitrogens is 1. The topological polar surface area (TPSA) is 122 Å². The lowest BCUT2D eigenvalue weighted by atomic mass is 9.98. The highest BCUT2D eigenvalue weighted by Gasteiger charge is 2.29. The van der Waals surface area contributed by atoms with Gasteiger partial charge in [0.1, 0.15) is 30.7 Å². The molecule has 0 atom stereocenters. The van der Waals surface area contributed by atoms with Crippen molar-refractivity contribution in [2.24, 2.45) is 0 Å². The third kappa shape index (κ3) is 4.18. The van der Waals surface area contributed by atoms with Crippen molar-refractivity contribution in [2.45, 2.75) is 12.5 Å². The van der Waals surface area contributed by atoms with Gasteiger partial charge >= 0.3 is 12.1 Å². The second-order valence-electron chi connectivity index (χ2n) is 7.41. The number of carboxylic acids is 1. The van der Waals surface area contributed by atoms with E-state index in [0.29, 0.717) is 0 Å². The van der Waals surface area contributed by atoms with E-state index in [2.05, 4.69) is 22.6 Å². The molecule has 0 saturated heterocycles. The molecule has 0 saturated carbocycles. The number of carbonyl (C=O) groups excluding carboxylic acids is 2. The third-order valence-electron chi connectivity index (χ3n) is 5.34. The van der Waals surface area contributed by atoms with Crippen molar-refractivity contribution in [3.8, 4) is 11.1 Å². The molecule has 9 heteroatoms. The van der Waals surface area contributed by atoms with E-state index in [1.54, 1.807) is 0 Å². The van der Waals surface area contributed by atoms with E-state index in [0.717, 1.165) is 33.4 Å². The summed E-state index contributed by atoms with van der Waals surface area (Å²) in [6, 6.07) is 16.1. The van der Waals surface area contributed by atoms with Gasteiger partial charge in [0, 0.05) is 13.0 Å². The Morgan fingerprint density at radius 1 is 1.09 bits per heavy atom. The van der Waals surface area contributed by atoms with Crippen LogP contribution in [0.4, 0.5) is 4.79 Å². The number of aliphatic carboxylic acids is 1. The van der Waals surface area contributed by atoms with Crippen molar-refractivity contribution >= 4 is 18.0 Å². The maximum Gasteiger partial charge on any atom is 0.407 e. The molecule has 0 spiro atoms. The van der Waals surface area contributed by atoms with Gasteiger partial charge in [0.05, 0.1) is 6.54 Å². The molecule has 1 aliphatic rings. The van der Waals surface area contributed by atoms with E-state index in [1.165, 1.54) is 7.05 Å². The maximum atomic E-state index is 12.4. The average molecular weight is 435 g/mol. The number of nitrogens with one attached hydrogen (secondary N) is 1. The average Bonchev–Trinajstić information content (AvgIpc) is 3.38. The molecule has 0 unspecified atom stereocenters. The normalized spacial score (nSPS) is 12.0. The van der Waals surface area contributed by atoms with Crippen LogP contribution in [-0.4, -0.2) is 53.3 Å². The highest BCUT2D eigenvalue weighted by molar-refractivity contribution is 5.96. The smallest absolute Gasteiger partial charge is 0.407 e. The van der Waals surface area contributed by atoms with Crippen LogP contribution in [0.3, 0.4) is 0 Å². The van der Waals surface area contributed by atoms with Crippen LogP contribution < -0.4 is 5.32 Å². The zero-order valence-electron chi connectivity index (χ0n) is 17.3. The van der Waals surface area contributed by atoms with Crippen LogP contribution in [0.2, 0.25) is 0 Å². The van der Waals surface area contributed by atoms with Crippen molar-refractivity contribution < 1.29 is 28.8 Å². The van der Waals surface area contributed by atoms with E-state index < -0.39 is 24.5 Å². The van der Waals surface area contributed by atoms with Gasteiger partial charge < -0.3 is 24.6 Å². The highest BCUT2D eigenvalue weighted by Crippen LogP contribution is 2.44. The maximum absolute atomic E-state index is 12.4. The van der Waals surface area contributed by atoms with Gasteiger partial charge in [-0.1, -0.05) is 53.7 Å². The Hall–Kier alpha value is -4.14. The Morgan fingerprint density at radius 3 is 2.34 bits per heavy atom. The van der Waals surface area contributed by atoms with Gasteiger partial charge in [-0.25, -0.2) is 4.79 Å². The van der Waals surface area contributed by atoms with E-state index in [1.807, 2.05) is 36.4 Å². The first-order valence-electron chi connectivity index (χ1n) is 9.95. The van der Waals surface area contributed by atoms with Gasteiger partial charge in [-0.2, -0.15) is 0 Å². The fourth-order valence-electron chi connectivity index (χ4n) is 3.85. The monoisotopic (exact) mass is 435 g/mol. The number of ether oxygens (including phenoxy) is 1. The lowest BCUT2D eigenvalue weighted by Gasteiger charge is -2.15. The van der Waals surface area contributed by atoms with Gasteiger partial charge in [-0.15, -0.1) is 0 Å². The summed E-state index contributed by atoms with van der Waals surface area (Å²) in [5.41, 5.74) is 4.73. The number of benzene rings is 2. The standard InChI is InChI=1S/C23H21N3O6/c1-26(11-21(27)28)22(29)19-13-32-25-20(19)10-24-23(30)31-12-18-16-8-4-2-6-14(16)15-7-3-5-9-17(15)18/h2-9,13,18H,10-12H2,1H3,(H,24,30)(H,27,28). The Kier molecular flexibility index (Phi) is 5.89. The summed E-state index contributed by atoms with van der Waals surface area (Å²) in [4.78, 5) is 36.5. The molecule has 0 fully saturated rings. The fourth-order valence-corrected chi connectivity index (χ4v) is 3.85. The minimum Gasteiger partial charge on any atom is -0.480 e. The molecule has 2 N–H and O–H groups in total. The summed E-state index contributed by atoms with van der Waals surface area (Å²) in [7, 11) is 1.35. The third-order valence-corrected chi connectivity index (χ3v) is 5.34. The van der Waals surface area contributed by atoms with Crippen LogP contribution in [0.1, 0.15) is 33.1 Å². The molecule has 0 aliphatic heterocycles. The number of fused-ring (bicyclic) bond motifs is 3. The fraction of sp³-hybridized carbons (Fsp3) is 0.217. The molecule has 1 heterocycles. The van der Waals surface area contributed by atoms with E-state index in [-0.39, 0.29) is 30.3 Å². The zero-order chi connectivity index (χ0) is 22.7. The van der Waals surface area contributed by atoms with Crippen molar-refractivity contribution in [3.63, 3.8) is 0 Å². The first kappa shape index (κ1) is 21.1. The predicted octanol–water partition coefficient (Wildman–Crippen LogP) is 2.87. The van der Waals surface area contributed by atoms with E-state index >= 15 is 0 Å².